The number of carbonyl (C=O) groups is 1. The number of benzene rings is 1. The number of pyridine rings is 2. The third kappa shape index (κ3) is 3.89. The SMILES string of the molecule is CCOc1cc(-c2ccc(N3CCC4(CC3)CCN4C(=O)c3c(F)cccc3Cl)nc2)c2c3cn[nH]c3nn2c1. The van der Waals surface area contributed by atoms with Crippen molar-refractivity contribution in [1.29, 1.82) is 0 Å². The summed E-state index contributed by atoms with van der Waals surface area (Å²) in [5, 5.41) is 12.8. The van der Waals surface area contributed by atoms with Crippen LogP contribution >= 0.6 is 11.6 Å². The third-order valence-corrected chi connectivity index (χ3v) is 8.60. The lowest BCUT2D eigenvalue weighted by Crippen LogP contribution is -2.66. The van der Waals surface area contributed by atoms with Crippen molar-refractivity contribution < 1.29 is 13.9 Å². The number of aromatic amines is 1. The Balaban J connectivity index is 1.11. The van der Waals surface area contributed by atoms with Gasteiger partial charge in [-0.3, -0.25) is 9.89 Å². The Morgan fingerprint density at radius 1 is 1.15 bits per heavy atom. The Morgan fingerprint density at radius 2 is 1.98 bits per heavy atom. The molecule has 204 valence electrons. The fourth-order valence-corrected chi connectivity index (χ4v) is 6.35. The minimum atomic E-state index is -0.574. The monoisotopic (exact) mass is 559 g/mol. The van der Waals surface area contributed by atoms with E-state index in [1.165, 1.54) is 12.1 Å². The van der Waals surface area contributed by atoms with E-state index in [9.17, 15) is 9.18 Å². The predicted octanol–water partition coefficient (Wildman–Crippen LogP) is 5.35. The summed E-state index contributed by atoms with van der Waals surface area (Å²) in [6.45, 7) is 4.63. The fourth-order valence-electron chi connectivity index (χ4n) is 6.10. The van der Waals surface area contributed by atoms with Gasteiger partial charge in [-0.05, 0) is 56.5 Å². The smallest absolute Gasteiger partial charge is 0.258 e. The number of aromatic nitrogens is 5. The number of fused-ring (bicyclic) bond motifs is 3. The molecule has 1 amide bonds. The van der Waals surface area contributed by atoms with Gasteiger partial charge in [-0.15, -0.1) is 5.10 Å². The first-order valence-corrected chi connectivity index (χ1v) is 13.8. The lowest BCUT2D eigenvalue weighted by molar-refractivity contribution is -0.0165. The van der Waals surface area contributed by atoms with Crippen LogP contribution in [0.4, 0.5) is 10.2 Å². The number of H-pyrrole nitrogens is 1. The number of hydrogen-bond donors (Lipinski definition) is 1. The van der Waals surface area contributed by atoms with Crippen molar-refractivity contribution in [2.75, 3.05) is 31.1 Å². The van der Waals surface area contributed by atoms with Crippen LogP contribution in [0, 0.1) is 5.82 Å². The number of anilines is 1. The minimum absolute atomic E-state index is 0.0312. The van der Waals surface area contributed by atoms with Gasteiger partial charge in [-0.25, -0.2) is 13.9 Å². The Labute approximate surface area is 234 Å². The minimum Gasteiger partial charge on any atom is -0.492 e. The molecule has 0 radical (unpaired) electrons. The van der Waals surface area contributed by atoms with Crippen molar-refractivity contribution in [2.24, 2.45) is 0 Å². The quantitative estimate of drug-likeness (QED) is 0.312. The molecule has 5 aromatic rings. The van der Waals surface area contributed by atoms with Gasteiger partial charge in [-0.1, -0.05) is 17.7 Å². The van der Waals surface area contributed by atoms with E-state index in [2.05, 4.69) is 26.3 Å². The zero-order chi connectivity index (χ0) is 27.4. The fraction of sp³-hybridized carbons (Fsp3) is 0.310. The molecule has 2 aliphatic heterocycles. The topological polar surface area (TPSA) is 91.6 Å². The van der Waals surface area contributed by atoms with Crippen molar-refractivity contribution in [1.82, 2.24) is 29.7 Å². The highest BCUT2D eigenvalue weighted by atomic mass is 35.5. The van der Waals surface area contributed by atoms with E-state index in [0.717, 1.165) is 65.9 Å². The van der Waals surface area contributed by atoms with Gasteiger partial charge in [-0.2, -0.15) is 5.10 Å². The van der Waals surface area contributed by atoms with Gasteiger partial charge >= 0.3 is 0 Å². The maximum absolute atomic E-state index is 14.4. The van der Waals surface area contributed by atoms with E-state index in [1.54, 1.807) is 12.3 Å². The van der Waals surface area contributed by atoms with Crippen LogP contribution in [0.1, 0.15) is 36.5 Å². The van der Waals surface area contributed by atoms with Crippen LogP contribution in [0.15, 0.2) is 55.0 Å². The first-order chi connectivity index (χ1) is 19.5. The molecule has 2 aliphatic rings. The van der Waals surface area contributed by atoms with Crippen molar-refractivity contribution in [3.05, 3.63) is 71.4 Å². The molecule has 9 nitrogen and oxygen atoms in total. The molecule has 0 atom stereocenters. The van der Waals surface area contributed by atoms with Crippen molar-refractivity contribution in [3.63, 3.8) is 0 Å². The molecule has 4 aromatic heterocycles. The molecule has 2 fully saturated rings. The number of likely N-dealkylation sites (tertiary alicyclic amines) is 1. The van der Waals surface area contributed by atoms with E-state index in [1.807, 2.05) is 40.9 Å². The van der Waals surface area contributed by atoms with E-state index in [-0.39, 0.29) is 22.0 Å². The summed E-state index contributed by atoms with van der Waals surface area (Å²) < 4.78 is 22.1. The molecule has 0 saturated carbocycles. The summed E-state index contributed by atoms with van der Waals surface area (Å²) >= 11 is 6.19. The Bertz CT molecular complexity index is 1720. The van der Waals surface area contributed by atoms with E-state index < -0.39 is 5.82 Å². The molecule has 40 heavy (non-hydrogen) atoms. The number of hydrogen-bond acceptors (Lipinski definition) is 6. The standard InChI is InChI=1S/C29H27ClFN7O2/c1-2-40-19-14-20(26-21-16-33-34-27(21)35-38(26)17-19)18-6-7-24(32-15-18)36-11-8-29(9-12-36)10-13-37(29)28(39)25-22(30)4-3-5-23(25)31/h3-7,14-17H,2,8-13H2,1H3,(H,34,35). The molecule has 0 aliphatic carbocycles. The van der Waals surface area contributed by atoms with Crippen molar-refractivity contribution in [2.45, 2.75) is 31.7 Å². The molecule has 7 rings (SSSR count). The average Bonchev–Trinajstić information content (AvgIpc) is 3.54. The number of piperidine rings is 1. The molecule has 1 aromatic carbocycles. The van der Waals surface area contributed by atoms with Gasteiger partial charge in [0, 0.05) is 42.5 Å². The van der Waals surface area contributed by atoms with E-state index in [4.69, 9.17) is 21.3 Å². The molecule has 0 bridgehead atoms. The van der Waals surface area contributed by atoms with E-state index in [0.29, 0.717) is 18.8 Å². The highest BCUT2D eigenvalue weighted by Gasteiger charge is 2.49. The maximum Gasteiger partial charge on any atom is 0.258 e. The summed E-state index contributed by atoms with van der Waals surface area (Å²) in [5.41, 5.74) is 3.26. The normalized spacial score (nSPS) is 16.6. The number of rotatable bonds is 5. The maximum atomic E-state index is 14.4. The van der Waals surface area contributed by atoms with E-state index >= 15 is 0 Å². The first-order valence-electron chi connectivity index (χ1n) is 13.4. The second-order valence-electron chi connectivity index (χ2n) is 10.4. The number of amides is 1. The summed E-state index contributed by atoms with van der Waals surface area (Å²) in [6, 6.07) is 10.5. The molecular weight excluding hydrogens is 533 g/mol. The van der Waals surface area contributed by atoms with Crippen LogP contribution in [-0.4, -0.2) is 67.4 Å². The van der Waals surface area contributed by atoms with Crippen LogP contribution in [0.5, 0.6) is 5.75 Å². The number of nitrogens with zero attached hydrogens (tertiary/aromatic N) is 6. The van der Waals surface area contributed by atoms with Gasteiger partial charge in [0.05, 0.1) is 40.5 Å². The molecular formula is C29H27ClFN7O2. The van der Waals surface area contributed by atoms with Crippen LogP contribution in [-0.2, 0) is 0 Å². The number of halogens is 2. The van der Waals surface area contributed by atoms with Crippen LogP contribution < -0.4 is 9.64 Å². The number of carbonyl (C=O) groups excluding carboxylic acids is 1. The lowest BCUT2D eigenvalue weighted by Gasteiger charge is -2.56. The first kappa shape index (κ1) is 24.8. The van der Waals surface area contributed by atoms with Gasteiger partial charge in [0.25, 0.3) is 5.91 Å². The predicted molar refractivity (Wildman–Crippen MR) is 150 cm³/mol. The van der Waals surface area contributed by atoms with Gasteiger partial charge in [0.1, 0.15) is 17.4 Å². The van der Waals surface area contributed by atoms with Gasteiger partial charge < -0.3 is 14.5 Å². The Kier molecular flexibility index (Phi) is 5.88. The molecule has 1 spiro atoms. The summed E-state index contributed by atoms with van der Waals surface area (Å²) in [6.07, 6.45) is 8.02. The zero-order valence-corrected chi connectivity index (χ0v) is 22.7. The number of ether oxygens (including phenoxy) is 1. The van der Waals surface area contributed by atoms with Crippen LogP contribution in [0.3, 0.4) is 0 Å². The number of nitrogens with one attached hydrogen (secondary N) is 1. The van der Waals surface area contributed by atoms with Gasteiger partial charge in [0.2, 0.25) is 0 Å². The Morgan fingerprint density at radius 3 is 2.67 bits per heavy atom. The third-order valence-electron chi connectivity index (χ3n) is 8.29. The highest BCUT2D eigenvalue weighted by molar-refractivity contribution is 6.33. The molecule has 6 heterocycles. The second kappa shape index (κ2) is 9.48. The Hall–Kier alpha value is -4.18. The van der Waals surface area contributed by atoms with Crippen molar-refractivity contribution >= 4 is 39.9 Å². The van der Waals surface area contributed by atoms with Gasteiger partial charge in [0.15, 0.2) is 5.65 Å². The summed E-state index contributed by atoms with van der Waals surface area (Å²) in [4.78, 5) is 22.1. The molecule has 2 saturated heterocycles. The van der Waals surface area contributed by atoms with Crippen LogP contribution in [0.2, 0.25) is 5.02 Å². The molecule has 0 unspecified atom stereocenters. The zero-order valence-electron chi connectivity index (χ0n) is 21.9. The molecule has 11 heteroatoms. The average molecular weight is 560 g/mol. The largest absolute Gasteiger partial charge is 0.492 e. The summed E-state index contributed by atoms with van der Waals surface area (Å²) in [5.74, 6) is 0.712. The van der Waals surface area contributed by atoms with Crippen LogP contribution in [0.25, 0.3) is 27.7 Å². The summed E-state index contributed by atoms with van der Waals surface area (Å²) in [7, 11) is 0. The van der Waals surface area contributed by atoms with Crippen molar-refractivity contribution in [3.8, 4) is 16.9 Å². The molecule has 1 N–H and O–H groups in total. The highest BCUT2D eigenvalue weighted by Crippen LogP contribution is 2.42. The lowest BCUT2D eigenvalue weighted by atomic mass is 9.76. The second-order valence-corrected chi connectivity index (χ2v) is 10.8.